The average Bonchev–Trinajstić information content (AvgIpc) is 3.07. The van der Waals surface area contributed by atoms with Gasteiger partial charge in [0.05, 0.1) is 17.8 Å². The lowest BCUT2D eigenvalue weighted by Gasteiger charge is -2.15. The van der Waals surface area contributed by atoms with Crippen LogP contribution in [-0.4, -0.2) is 40.9 Å². The van der Waals surface area contributed by atoms with Crippen molar-refractivity contribution >= 4 is 17.0 Å². The predicted octanol–water partition coefficient (Wildman–Crippen LogP) is 4.00. The molecule has 0 bridgehead atoms. The van der Waals surface area contributed by atoms with Gasteiger partial charge in [-0.3, -0.25) is 0 Å². The number of rotatable bonds is 8. The molecule has 0 aliphatic rings. The van der Waals surface area contributed by atoms with Crippen molar-refractivity contribution in [1.82, 2.24) is 15.1 Å². The lowest BCUT2D eigenvalue weighted by molar-refractivity contribution is 0.0169. The summed E-state index contributed by atoms with van der Waals surface area (Å²) in [6.07, 6.45) is -1.12. The van der Waals surface area contributed by atoms with E-state index in [1.165, 1.54) is 5.56 Å². The monoisotopic (exact) mass is 397 g/mol. The van der Waals surface area contributed by atoms with Crippen molar-refractivity contribution in [3.63, 3.8) is 0 Å². The fourth-order valence-corrected chi connectivity index (χ4v) is 3.03. The molecule has 0 saturated carbocycles. The minimum atomic E-state index is -1.12. The highest BCUT2D eigenvalue weighted by molar-refractivity contribution is 5.90. The number of nitrogens with zero attached hydrogens (tertiary/aromatic N) is 2. The Morgan fingerprint density at radius 3 is 2.62 bits per heavy atom. The van der Waals surface area contributed by atoms with Gasteiger partial charge in [0.2, 0.25) is 0 Å². The first-order valence-corrected chi connectivity index (χ1v) is 9.58. The maximum Gasteiger partial charge on any atom is 0.432 e. The molecule has 0 fully saturated rings. The van der Waals surface area contributed by atoms with Gasteiger partial charge in [0.25, 0.3) is 0 Å². The van der Waals surface area contributed by atoms with Crippen molar-refractivity contribution in [2.24, 2.45) is 0 Å². The first-order valence-electron chi connectivity index (χ1n) is 9.58. The van der Waals surface area contributed by atoms with Crippen LogP contribution in [0.4, 0.5) is 4.79 Å². The van der Waals surface area contributed by atoms with E-state index in [4.69, 9.17) is 9.47 Å². The first kappa shape index (κ1) is 20.8. The smallest absolute Gasteiger partial charge is 0.432 e. The van der Waals surface area contributed by atoms with Crippen molar-refractivity contribution in [2.45, 2.75) is 32.7 Å². The molecule has 0 saturated heterocycles. The third kappa shape index (κ3) is 5.34. The number of nitrogens with one attached hydrogen (secondary N) is 1. The molecule has 154 valence electrons. The summed E-state index contributed by atoms with van der Waals surface area (Å²) >= 11 is 0. The van der Waals surface area contributed by atoms with Crippen LogP contribution in [0.5, 0.6) is 5.75 Å². The van der Waals surface area contributed by atoms with Gasteiger partial charge in [0, 0.05) is 30.0 Å². The normalized spacial score (nSPS) is 11.7. The zero-order valence-electron chi connectivity index (χ0n) is 17.0. The van der Waals surface area contributed by atoms with Crippen molar-refractivity contribution in [3.05, 3.63) is 59.8 Å². The van der Waals surface area contributed by atoms with Gasteiger partial charge in [-0.15, -0.1) is 0 Å². The molecule has 7 nitrogen and oxygen atoms in total. The number of hydrogen-bond donors (Lipinski definition) is 2. The predicted molar refractivity (Wildman–Crippen MR) is 111 cm³/mol. The van der Waals surface area contributed by atoms with Gasteiger partial charge in [0.15, 0.2) is 6.79 Å². The summed E-state index contributed by atoms with van der Waals surface area (Å²) in [5.41, 5.74) is 2.20. The topological polar surface area (TPSA) is 85.6 Å². The third-order valence-electron chi connectivity index (χ3n) is 4.45. The van der Waals surface area contributed by atoms with Gasteiger partial charge in [-0.05, 0) is 17.7 Å². The van der Waals surface area contributed by atoms with E-state index < -0.39 is 6.09 Å². The number of aromatic nitrogens is 2. The van der Waals surface area contributed by atoms with Crippen molar-refractivity contribution in [2.75, 3.05) is 19.9 Å². The molecule has 0 aliphatic carbocycles. The maximum absolute atomic E-state index is 11.6. The standard InChI is InChI=1S/C22H27N3O4/c1-22(2,3)20-18-10-9-17(13-19(18)25(24-20)21(26)27)29-15-28-12-11-23-14-16-7-5-4-6-8-16/h4-10,13,23H,11-12,14-15H2,1-3H3,(H,26,27). The van der Waals surface area contributed by atoms with Gasteiger partial charge in [-0.25, -0.2) is 4.79 Å². The number of carboxylic acid groups (broad SMARTS) is 1. The molecule has 1 aromatic heterocycles. The molecule has 2 aromatic carbocycles. The quantitative estimate of drug-likeness (QED) is 0.441. The van der Waals surface area contributed by atoms with E-state index in [1.54, 1.807) is 6.07 Å². The van der Waals surface area contributed by atoms with Crippen molar-refractivity contribution in [1.29, 1.82) is 0 Å². The number of fused-ring (bicyclic) bond motifs is 1. The number of benzene rings is 2. The lowest BCUT2D eigenvalue weighted by atomic mass is 9.90. The molecule has 0 spiro atoms. The fraction of sp³-hybridized carbons (Fsp3) is 0.364. The molecule has 0 radical (unpaired) electrons. The highest BCUT2D eigenvalue weighted by Crippen LogP contribution is 2.31. The molecular weight excluding hydrogens is 370 g/mol. The summed E-state index contributed by atoms with van der Waals surface area (Å²) in [5.74, 6) is 0.539. The molecule has 0 atom stereocenters. The molecule has 0 amide bonds. The second-order valence-electron chi connectivity index (χ2n) is 7.80. The van der Waals surface area contributed by atoms with E-state index in [0.29, 0.717) is 24.4 Å². The second kappa shape index (κ2) is 9.07. The van der Waals surface area contributed by atoms with E-state index in [0.717, 1.165) is 22.3 Å². The van der Waals surface area contributed by atoms with Crippen LogP contribution in [0.3, 0.4) is 0 Å². The van der Waals surface area contributed by atoms with E-state index in [-0.39, 0.29) is 12.2 Å². The fourth-order valence-electron chi connectivity index (χ4n) is 3.03. The Morgan fingerprint density at radius 2 is 1.93 bits per heavy atom. The van der Waals surface area contributed by atoms with Gasteiger partial charge < -0.3 is 19.9 Å². The molecule has 1 heterocycles. The van der Waals surface area contributed by atoms with Crippen LogP contribution in [0.2, 0.25) is 0 Å². The highest BCUT2D eigenvalue weighted by atomic mass is 16.7. The number of ether oxygens (including phenoxy) is 2. The Balaban J connectivity index is 1.53. The SMILES string of the molecule is CC(C)(C)c1nn(C(=O)O)c2cc(OCOCCNCc3ccccc3)ccc12. The highest BCUT2D eigenvalue weighted by Gasteiger charge is 2.24. The molecule has 3 rings (SSSR count). The molecule has 0 unspecified atom stereocenters. The van der Waals surface area contributed by atoms with Crippen LogP contribution in [0.25, 0.3) is 10.9 Å². The van der Waals surface area contributed by atoms with Gasteiger partial charge in [-0.1, -0.05) is 51.1 Å². The lowest BCUT2D eigenvalue weighted by Crippen LogP contribution is -2.20. The second-order valence-corrected chi connectivity index (χ2v) is 7.80. The molecule has 7 heteroatoms. The molecule has 0 aliphatic heterocycles. The summed E-state index contributed by atoms with van der Waals surface area (Å²) in [6.45, 7) is 8.11. The zero-order chi connectivity index (χ0) is 20.9. The molecule has 3 aromatic rings. The van der Waals surface area contributed by atoms with Crippen LogP contribution in [-0.2, 0) is 16.7 Å². The Kier molecular flexibility index (Phi) is 6.51. The summed E-state index contributed by atoms with van der Waals surface area (Å²) in [5, 5.41) is 17.8. The largest absolute Gasteiger partial charge is 0.467 e. The van der Waals surface area contributed by atoms with Crippen LogP contribution in [0, 0.1) is 0 Å². The Bertz CT molecular complexity index is 961. The zero-order valence-corrected chi connectivity index (χ0v) is 17.0. The molecule has 2 N–H and O–H groups in total. The maximum atomic E-state index is 11.6. The van der Waals surface area contributed by atoms with Crippen LogP contribution in [0.1, 0.15) is 32.0 Å². The molecule has 29 heavy (non-hydrogen) atoms. The van der Waals surface area contributed by atoms with Crippen LogP contribution < -0.4 is 10.1 Å². The summed E-state index contributed by atoms with van der Waals surface area (Å²) in [6, 6.07) is 15.5. The van der Waals surface area contributed by atoms with Crippen LogP contribution in [0.15, 0.2) is 48.5 Å². The van der Waals surface area contributed by atoms with Gasteiger partial charge >= 0.3 is 6.09 Å². The first-order chi connectivity index (χ1) is 13.9. The van der Waals surface area contributed by atoms with E-state index in [1.807, 2.05) is 51.1 Å². The minimum Gasteiger partial charge on any atom is -0.467 e. The number of hydrogen-bond acceptors (Lipinski definition) is 5. The van der Waals surface area contributed by atoms with Gasteiger partial charge in [-0.2, -0.15) is 9.78 Å². The third-order valence-corrected chi connectivity index (χ3v) is 4.45. The van der Waals surface area contributed by atoms with E-state index in [2.05, 4.69) is 22.5 Å². The molecular formula is C22H27N3O4. The summed E-state index contributed by atoms with van der Waals surface area (Å²) in [7, 11) is 0. The van der Waals surface area contributed by atoms with Gasteiger partial charge in [0.1, 0.15) is 5.75 Å². The van der Waals surface area contributed by atoms with E-state index >= 15 is 0 Å². The Labute approximate surface area is 170 Å². The van der Waals surface area contributed by atoms with Crippen molar-refractivity contribution < 1.29 is 19.4 Å². The minimum absolute atomic E-state index is 0.0891. The Hall–Kier alpha value is -2.90. The van der Waals surface area contributed by atoms with Crippen LogP contribution >= 0.6 is 0 Å². The number of carbonyl (C=O) groups is 1. The summed E-state index contributed by atoms with van der Waals surface area (Å²) in [4.78, 5) is 11.6. The average molecular weight is 397 g/mol. The summed E-state index contributed by atoms with van der Waals surface area (Å²) < 4.78 is 12.1. The Morgan fingerprint density at radius 1 is 1.17 bits per heavy atom. The van der Waals surface area contributed by atoms with E-state index in [9.17, 15) is 9.90 Å². The van der Waals surface area contributed by atoms with Crippen molar-refractivity contribution in [3.8, 4) is 5.75 Å².